The molecule has 0 aliphatic carbocycles. The van der Waals surface area contributed by atoms with E-state index in [4.69, 9.17) is 14.2 Å². The Labute approximate surface area is 117 Å². The summed E-state index contributed by atoms with van der Waals surface area (Å²) >= 11 is 0. The van der Waals surface area contributed by atoms with Gasteiger partial charge in [0.25, 0.3) is 0 Å². The fourth-order valence-corrected chi connectivity index (χ4v) is 2.29. The van der Waals surface area contributed by atoms with Crippen molar-refractivity contribution in [1.82, 2.24) is 10.2 Å². The summed E-state index contributed by atoms with van der Waals surface area (Å²) in [4.78, 5) is 2.42. The van der Waals surface area contributed by atoms with E-state index in [1.165, 1.54) is 12.8 Å². The summed E-state index contributed by atoms with van der Waals surface area (Å²) < 4.78 is 15.8. The largest absolute Gasteiger partial charge is 0.385 e. The zero-order valence-corrected chi connectivity index (χ0v) is 12.5. The van der Waals surface area contributed by atoms with Crippen molar-refractivity contribution in [2.45, 2.75) is 25.4 Å². The van der Waals surface area contributed by atoms with E-state index in [9.17, 15) is 0 Å². The first-order valence-electron chi connectivity index (χ1n) is 7.39. The van der Waals surface area contributed by atoms with Crippen LogP contribution < -0.4 is 5.32 Å². The molecule has 0 aromatic carbocycles. The average Bonchev–Trinajstić information content (AvgIpc) is 2.93. The highest BCUT2D eigenvalue weighted by Crippen LogP contribution is 2.10. The molecule has 5 nitrogen and oxygen atoms in total. The molecule has 0 amide bonds. The van der Waals surface area contributed by atoms with Gasteiger partial charge in [-0.15, -0.1) is 0 Å². The number of hydrogen-bond donors (Lipinski definition) is 1. The van der Waals surface area contributed by atoms with Crippen LogP contribution in [0.25, 0.3) is 0 Å². The summed E-state index contributed by atoms with van der Waals surface area (Å²) in [5.41, 5.74) is 0. The molecular weight excluding hydrogens is 244 g/mol. The van der Waals surface area contributed by atoms with Crippen LogP contribution in [0, 0.1) is 0 Å². The molecular formula is C14H30N2O3. The standard InChI is InChI=1S/C14H30N2O3/c1-17-10-4-7-16(9-12-18-2)8-6-15-13-14-5-3-11-19-14/h14-15H,3-13H2,1-2H3. The van der Waals surface area contributed by atoms with Crippen LogP contribution >= 0.6 is 0 Å². The number of nitrogens with one attached hydrogen (secondary N) is 1. The summed E-state index contributed by atoms with van der Waals surface area (Å²) in [5, 5.41) is 3.49. The molecule has 1 saturated heterocycles. The van der Waals surface area contributed by atoms with Crippen LogP contribution in [0.4, 0.5) is 0 Å². The van der Waals surface area contributed by atoms with Crippen molar-refractivity contribution in [1.29, 1.82) is 0 Å². The van der Waals surface area contributed by atoms with Gasteiger partial charge in [-0.1, -0.05) is 0 Å². The van der Waals surface area contributed by atoms with Crippen molar-refractivity contribution in [2.24, 2.45) is 0 Å². The first-order chi connectivity index (χ1) is 9.36. The van der Waals surface area contributed by atoms with E-state index in [1.807, 2.05) is 0 Å². The van der Waals surface area contributed by atoms with Crippen LogP contribution in [-0.4, -0.2) is 77.8 Å². The molecule has 0 bridgehead atoms. The topological polar surface area (TPSA) is 43.0 Å². The average molecular weight is 274 g/mol. The molecule has 19 heavy (non-hydrogen) atoms. The minimum absolute atomic E-state index is 0.431. The quantitative estimate of drug-likeness (QED) is 0.532. The summed E-state index contributed by atoms with van der Waals surface area (Å²) in [6, 6.07) is 0. The second-order valence-corrected chi connectivity index (χ2v) is 5.02. The number of nitrogens with zero attached hydrogens (tertiary/aromatic N) is 1. The summed E-state index contributed by atoms with van der Waals surface area (Å²) in [6.45, 7) is 7.65. The molecule has 1 fully saturated rings. The van der Waals surface area contributed by atoms with Crippen molar-refractivity contribution in [3.63, 3.8) is 0 Å². The lowest BCUT2D eigenvalue weighted by molar-refractivity contribution is 0.107. The molecule has 1 heterocycles. The van der Waals surface area contributed by atoms with Crippen LogP contribution in [0.1, 0.15) is 19.3 Å². The Morgan fingerprint density at radius 2 is 2.00 bits per heavy atom. The fourth-order valence-electron chi connectivity index (χ4n) is 2.29. The van der Waals surface area contributed by atoms with Crippen LogP contribution in [-0.2, 0) is 14.2 Å². The predicted octanol–water partition coefficient (Wildman–Crippen LogP) is 0.740. The smallest absolute Gasteiger partial charge is 0.0700 e. The van der Waals surface area contributed by atoms with Crippen molar-refractivity contribution in [2.75, 3.05) is 66.8 Å². The second kappa shape index (κ2) is 11.6. The van der Waals surface area contributed by atoms with E-state index in [-0.39, 0.29) is 0 Å². The van der Waals surface area contributed by atoms with Gasteiger partial charge in [-0.05, 0) is 19.3 Å². The van der Waals surface area contributed by atoms with Gasteiger partial charge in [0.1, 0.15) is 0 Å². The van der Waals surface area contributed by atoms with Gasteiger partial charge < -0.3 is 19.5 Å². The lowest BCUT2D eigenvalue weighted by Crippen LogP contribution is -2.37. The first kappa shape index (κ1) is 16.9. The van der Waals surface area contributed by atoms with Gasteiger partial charge in [-0.2, -0.15) is 0 Å². The zero-order valence-electron chi connectivity index (χ0n) is 12.5. The van der Waals surface area contributed by atoms with Crippen LogP contribution in [0.3, 0.4) is 0 Å². The SMILES string of the molecule is COCCCN(CCNCC1CCCO1)CCOC. The highest BCUT2D eigenvalue weighted by molar-refractivity contribution is 4.68. The number of ether oxygens (including phenoxy) is 3. The van der Waals surface area contributed by atoms with Crippen molar-refractivity contribution >= 4 is 0 Å². The summed E-state index contributed by atoms with van der Waals surface area (Å²) in [5.74, 6) is 0. The van der Waals surface area contributed by atoms with Gasteiger partial charge in [0.15, 0.2) is 0 Å². The second-order valence-electron chi connectivity index (χ2n) is 5.02. The van der Waals surface area contributed by atoms with Crippen molar-refractivity contribution < 1.29 is 14.2 Å². The van der Waals surface area contributed by atoms with Gasteiger partial charge in [-0.3, -0.25) is 4.90 Å². The number of hydrogen-bond acceptors (Lipinski definition) is 5. The Hall–Kier alpha value is -0.200. The molecule has 0 aromatic rings. The van der Waals surface area contributed by atoms with E-state index in [1.54, 1.807) is 14.2 Å². The minimum atomic E-state index is 0.431. The van der Waals surface area contributed by atoms with Gasteiger partial charge in [0.05, 0.1) is 12.7 Å². The monoisotopic (exact) mass is 274 g/mol. The van der Waals surface area contributed by atoms with E-state index >= 15 is 0 Å². The molecule has 1 unspecified atom stereocenters. The Bertz CT molecular complexity index is 199. The molecule has 1 rings (SSSR count). The maximum atomic E-state index is 5.59. The van der Waals surface area contributed by atoms with Crippen LogP contribution in [0.2, 0.25) is 0 Å². The molecule has 1 atom stereocenters. The molecule has 0 spiro atoms. The van der Waals surface area contributed by atoms with Crippen molar-refractivity contribution in [3.05, 3.63) is 0 Å². The van der Waals surface area contributed by atoms with E-state index in [0.717, 1.165) is 59.0 Å². The van der Waals surface area contributed by atoms with Gasteiger partial charge in [0.2, 0.25) is 0 Å². The first-order valence-corrected chi connectivity index (χ1v) is 7.39. The Morgan fingerprint density at radius 1 is 1.16 bits per heavy atom. The Morgan fingerprint density at radius 3 is 2.68 bits per heavy atom. The highest BCUT2D eigenvalue weighted by Gasteiger charge is 2.14. The lowest BCUT2D eigenvalue weighted by Gasteiger charge is -2.22. The van der Waals surface area contributed by atoms with Gasteiger partial charge in [-0.25, -0.2) is 0 Å². The molecule has 0 saturated carbocycles. The zero-order chi connectivity index (χ0) is 13.8. The minimum Gasteiger partial charge on any atom is -0.385 e. The molecule has 5 heteroatoms. The van der Waals surface area contributed by atoms with E-state index in [0.29, 0.717) is 6.10 Å². The maximum absolute atomic E-state index is 5.59. The number of rotatable bonds is 12. The van der Waals surface area contributed by atoms with Crippen LogP contribution in [0.15, 0.2) is 0 Å². The third-order valence-corrected chi connectivity index (χ3v) is 3.44. The summed E-state index contributed by atoms with van der Waals surface area (Å²) in [6.07, 6.45) is 3.92. The van der Waals surface area contributed by atoms with Gasteiger partial charge in [0, 0.05) is 60.2 Å². The predicted molar refractivity (Wildman–Crippen MR) is 76.7 cm³/mol. The third-order valence-electron chi connectivity index (χ3n) is 3.44. The molecule has 0 aromatic heterocycles. The Kier molecular flexibility index (Phi) is 10.3. The maximum Gasteiger partial charge on any atom is 0.0700 e. The number of methoxy groups -OCH3 is 2. The normalized spacial score (nSPS) is 19.4. The molecule has 1 N–H and O–H groups in total. The fraction of sp³-hybridized carbons (Fsp3) is 1.00. The Balaban J connectivity index is 2.04. The van der Waals surface area contributed by atoms with Crippen LogP contribution in [0.5, 0.6) is 0 Å². The van der Waals surface area contributed by atoms with E-state index < -0.39 is 0 Å². The third kappa shape index (κ3) is 8.55. The van der Waals surface area contributed by atoms with Crippen molar-refractivity contribution in [3.8, 4) is 0 Å². The molecule has 114 valence electrons. The molecule has 1 aliphatic rings. The summed E-state index contributed by atoms with van der Waals surface area (Å²) in [7, 11) is 3.51. The molecule has 1 aliphatic heterocycles. The lowest BCUT2D eigenvalue weighted by atomic mass is 10.2. The van der Waals surface area contributed by atoms with E-state index in [2.05, 4.69) is 10.2 Å². The van der Waals surface area contributed by atoms with Gasteiger partial charge >= 0.3 is 0 Å². The highest BCUT2D eigenvalue weighted by atomic mass is 16.5. The molecule has 0 radical (unpaired) electrons.